The highest BCUT2D eigenvalue weighted by atomic mass is 32.2. The molecule has 0 spiro atoms. The Labute approximate surface area is 182 Å². The SMILES string of the molecule is Nc1c(S(=O)(=O)O)cc(Nc2ccccc2S(=O)(=O)O)c2c1C(=O)c1ccccc1C2=O. The lowest BCUT2D eigenvalue weighted by Gasteiger charge is -2.24. The minimum Gasteiger partial charge on any atom is -0.397 e. The number of para-hydroxylation sites is 1. The number of nitrogens with two attached hydrogens (primary N) is 1. The van der Waals surface area contributed by atoms with E-state index in [9.17, 15) is 35.5 Å². The molecule has 3 aromatic carbocycles. The molecule has 0 bridgehead atoms. The van der Waals surface area contributed by atoms with Gasteiger partial charge >= 0.3 is 0 Å². The van der Waals surface area contributed by atoms with E-state index in [1.807, 2.05) is 0 Å². The van der Waals surface area contributed by atoms with E-state index < -0.39 is 52.8 Å². The molecule has 4 rings (SSSR count). The van der Waals surface area contributed by atoms with Gasteiger partial charge in [0.2, 0.25) is 0 Å². The summed E-state index contributed by atoms with van der Waals surface area (Å²) in [5.74, 6) is -1.42. The van der Waals surface area contributed by atoms with E-state index in [1.165, 1.54) is 42.5 Å². The van der Waals surface area contributed by atoms with Gasteiger partial charge in [-0.05, 0) is 18.2 Å². The summed E-state index contributed by atoms with van der Waals surface area (Å²) < 4.78 is 66.4. The number of rotatable bonds is 4. The zero-order valence-electron chi connectivity index (χ0n) is 15.9. The third-order valence-electron chi connectivity index (χ3n) is 4.91. The minimum absolute atomic E-state index is 0.00604. The molecule has 1 aliphatic carbocycles. The highest BCUT2D eigenvalue weighted by Crippen LogP contribution is 2.40. The van der Waals surface area contributed by atoms with Gasteiger partial charge in [-0.2, -0.15) is 16.8 Å². The van der Waals surface area contributed by atoms with Crippen LogP contribution in [-0.4, -0.2) is 37.5 Å². The normalized spacial score (nSPS) is 13.4. The third-order valence-corrected chi connectivity index (χ3v) is 6.72. The molecule has 3 aromatic rings. The Morgan fingerprint density at radius 2 is 1.19 bits per heavy atom. The van der Waals surface area contributed by atoms with Crippen LogP contribution in [-0.2, 0) is 20.2 Å². The summed E-state index contributed by atoms with van der Waals surface area (Å²) in [5, 5.41) is 2.59. The maximum Gasteiger partial charge on any atom is 0.296 e. The number of nitrogens with one attached hydrogen (secondary N) is 1. The fourth-order valence-corrected chi connectivity index (χ4v) is 4.84. The second-order valence-electron chi connectivity index (χ2n) is 6.86. The van der Waals surface area contributed by atoms with Crippen molar-refractivity contribution in [3.63, 3.8) is 0 Å². The topological polar surface area (TPSA) is 181 Å². The van der Waals surface area contributed by atoms with Gasteiger partial charge in [-0.15, -0.1) is 0 Å². The van der Waals surface area contributed by atoms with Crippen LogP contribution in [0.4, 0.5) is 17.1 Å². The van der Waals surface area contributed by atoms with Crippen LogP contribution in [0.5, 0.6) is 0 Å². The first-order valence-electron chi connectivity index (χ1n) is 8.87. The number of benzene rings is 3. The van der Waals surface area contributed by atoms with Gasteiger partial charge in [0.1, 0.15) is 9.79 Å². The van der Waals surface area contributed by atoms with E-state index >= 15 is 0 Å². The average molecular weight is 474 g/mol. The van der Waals surface area contributed by atoms with Crippen molar-refractivity contribution >= 4 is 48.9 Å². The van der Waals surface area contributed by atoms with Crippen LogP contribution in [0, 0.1) is 0 Å². The van der Waals surface area contributed by atoms with E-state index in [1.54, 1.807) is 0 Å². The fourth-order valence-electron chi connectivity index (χ4n) is 3.55. The van der Waals surface area contributed by atoms with E-state index in [0.717, 1.165) is 12.1 Å². The fraction of sp³-hybridized carbons (Fsp3) is 0. The zero-order chi connectivity index (χ0) is 23.4. The Morgan fingerprint density at radius 1 is 0.688 bits per heavy atom. The monoisotopic (exact) mass is 474 g/mol. The Morgan fingerprint density at radius 3 is 1.75 bits per heavy atom. The molecule has 0 aromatic heterocycles. The first-order chi connectivity index (χ1) is 14.9. The van der Waals surface area contributed by atoms with Crippen molar-refractivity contribution < 1.29 is 35.5 Å². The quantitative estimate of drug-likeness (QED) is 0.253. The van der Waals surface area contributed by atoms with Crippen LogP contribution in [0.2, 0.25) is 0 Å². The third kappa shape index (κ3) is 3.44. The molecule has 0 saturated carbocycles. The molecule has 0 heterocycles. The molecular weight excluding hydrogens is 460 g/mol. The summed E-state index contributed by atoms with van der Waals surface area (Å²) in [7, 11) is -9.64. The van der Waals surface area contributed by atoms with Gasteiger partial charge in [-0.3, -0.25) is 18.7 Å². The number of nitrogen functional groups attached to an aromatic ring is 1. The molecule has 0 radical (unpaired) electrons. The number of hydrogen-bond donors (Lipinski definition) is 4. The number of carbonyl (C=O) groups excluding carboxylic acids is 2. The second kappa shape index (κ2) is 7.24. The van der Waals surface area contributed by atoms with E-state index in [4.69, 9.17) is 5.73 Å². The van der Waals surface area contributed by atoms with Crippen LogP contribution < -0.4 is 11.1 Å². The molecule has 0 fully saturated rings. The van der Waals surface area contributed by atoms with Crippen molar-refractivity contribution in [2.45, 2.75) is 9.79 Å². The van der Waals surface area contributed by atoms with Crippen molar-refractivity contribution in [1.82, 2.24) is 0 Å². The number of fused-ring (bicyclic) bond motifs is 2. The van der Waals surface area contributed by atoms with Crippen molar-refractivity contribution in [2.75, 3.05) is 11.1 Å². The van der Waals surface area contributed by atoms with Gasteiger partial charge < -0.3 is 11.1 Å². The Bertz CT molecular complexity index is 1540. The molecule has 164 valence electrons. The lowest BCUT2D eigenvalue weighted by molar-refractivity contribution is 0.0980. The number of carbonyl (C=O) groups is 2. The Balaban J connectivity index is 2.06. The largest absolute Gasteiger partial charge is 0.397 e. The molecule has 5 N–H and O–H groups in total. The molecule has 0 atom stereocenters. The van der Waals surface area contributed by atoms with Crippen molar-refractivity contribution in [3.05, 3.63) is 76.9 Å². The molecule has 0 unspecified atom stereocenters. The van der Waals surface area contributed by atoms with Crippen molar-refractivity contribution in [3.8, 4) is 0 Å². The minimum atomic E-state index is -4.93. The summed E-state index contributed by atoms with van der Waals surface area (Å²) >= 11 is 0. The van der Waals surface area contributed by atoms with Gasteiger partial charge in [-0.25, -0.2) is 0 Å². The molecule has 10 nitrogen and oxygen atoms in total. The summed E-state index contributed by atoms with van der Waals surface area (Å²) in [5.41, 5.74) is 4.04. The van der Waals surface area contributed by atoms with Crippen LogP contribution >= 0.6 is 0 Å². The molecule has 0 saturated heterocycles. The number of ketones is 2. The van der Waals surface area contributed by atoms with Crippen molar-refractivity contribution in [1.29, 1.82) is 0 Å². The van der Waals surface area contributed by atoms with Gasteiger partial charge in [-0.1, -0.05) is 36.4 Å². The van der Waals surface area contributed by atoms with Crippen LogP contribution in [0.25, 0.3) is 0 Å². The van der Waals surface area contributed by atoms with Crippen LogP contribution in [0.1, 0.15) is 31.8 Å². The molecule has 0 amide bonds. The van der Waals surface area contributed by atoms with Crippen LogP contribution in [0.15, 0.2) is 64.4 Å². The molecule has 12 heteroatoms. The summed E-state index contributed by atoms with van der Waals surface area (Å²) in [6, 6.07) is 11.7. The Hall–Kier alpha value is -3.58. The van der Waals surface area contributed by atoms with E-state index in [0.29, 0.717) is 0 Å². The Kier molecular flexibility index (Phi) is 4.90. The lowest BCUT2D eigenvalue weighted by atomic mass is 9.82. The predicted octanol–water partition coefficient (Wildman–Crippen LogP) is 2.28. The molecule has 32 heavy (non-hydrogen) atoms. The average Bonchev–Trinajstić information content (AvgIpc) is 2.71. The summed E-state index contributed by atoms with van der Waals surface area (Å²) in [6.45, 7) is 0. The first kappa shape index (κ1) is 21.6. The second-order valence-corrected chi connectivity index (χ2v) is 9.64. The summed E-state index contributed by atoms with van der Waals surface area (Å²) in [6.07, 6.45) is 0. The van der Waals surface area contributed by atoms with Crippen LogP contribution in [0.3, 0.4) is 0 Å². The van der Waals surface area contributed by atoms with E-state index in [2.05, 4.69) is 5.32 Å². The molecular formula is C20H14N2O8S2. The highest BCUT2D eigenvalue weighted by molar-refractivity contribution is 7.86. The van der Waals surface area contributed by atoms with Crippen molar-refractivity contribution in [2.24, 2.45) is 0 Å². The van der Waals surface area contributed by atoms with E-state index in [-0.39, 0.29) is 28.1 Å². The predicted molar refractivity (Wildman–Crippen MR) is 114 cm³/mol. The zero-order valence-corrected chi connectivity index (χ0v) is 17.6. The van der Waals surface area contributed by atoms with Gasteiger partial charge in [0, 0.05) is 11.1 Å². The molecule has 0 aliphatic heterocycles. The number of hydrogen-bond acceptors (Lipinski definition) is 8. The maximum absolute atomic E-state index is 13.2. The van der Waals surface area contributed by atoms with Gasteiger partial charge in [0.05, 0.1) is 28.2 Å². The van der Waals surface area contributed by atoms with Gasteiger partial charge in [0.15, 0.2) is 11.6 Å². The first-order valence-corrected chi connectivity index (χ1v) is 11.7. The highest BCUT2D eigenvalue weighted by Gasteiger charge is 2.36. The smallest absolute Gasteiger partial charge is 0.296 e. The number of anilines is 3. The van der Waals surface area contributed by atoms with Gasteiger partial charge in [0.25, 0.3) is 20.2 Å². The maximum atomic E-state index is 13.2. The summed E-state index contributed by atoms with van der Waals surface area (Å²) in [4.78, 5) is 24.9. The lowest BCUT2D eigenvalue weighted by Crippen LogP contribution is -2.25. The molecule has 1 aliphatic rings. The standard InChI is InChI=1S/C20H14N2O8S2/c21-18-15(32(28,29)30)9-13(22-12-7-3-4-8-14(12)31(25,26)27)16-17(18)20(24)11-6-2-1-5-10(11)19(16)23/h1-9,22H,21H2,(H,25,26,27)(H,28,29,30).